The number of nitrogens with one attached hydrogen (secondary N) is 1. The van der Waals surface area contributed by atoms with Crippen LogP contribution in [-0.2, 0) is 13.1 Å². The number of aromatic amines is 1. The molecule has 1 aliphatic rings. The molecule has 0 unspecified atom stereocenters. The molecule has 1 saturated carbocycles. The molecule has 0 saturated heterocycles. The van der Waals surface area contributed by atoms with E-state index in [2.05, 4.69) is 68.2 Å². The predicted molar refractivity (Wildman–Crippen MR) is 144 cm³/mol. The maximum atomic E-state index is 13.2. The number of pyridine rings is 1. The molecule has 8 heteroatoms. The first kappa shape index (κ1) is 25.1. The van der Waals surface area contributed by atoms with Crippen molar-refractivity contribution in [2.24, 2.45) is 5.92 Å². The second-order valence-corrected chi connectivity index (χ2v) is 10.4. The molecule has 4 aromatic rings. The van der Waals surface area contributed by atoms with E-state index in [1.165, 1.54) is 24.8 Å². The molecule has 2 aromatic carbocycles. The number of nitrogens with zero attached hydrogens (tertiary/aromatic N) is 5. The van der Waals surface area contributed by atoms with Crippen molar-refractivity contribution in [1.82, 2.24) is 30.1 Å². The lowest BCUT2D eigenvalue weighted by Gasteiger charge is -2.35. The number of benzene rings is 2. The number of methoxy groups -OCH3 is 1. The minimum absolute atomic E-state index is 0.0527. The van der Waals surface area contributed by atoms with Crippen molar-refractivity contribution in [2.45, 2.75) is 71.1 Å². The van der Waals surface area contributed by atoms with Crippen molar-refractivity contribution in [2.75, 3.05) is 7.11 Å². The van der Waals surface area contributed by atoms with Gasteiger partial charge in [0.15, 0.2) is 5.82 Å². The fourth-order valence-electron chi connectivity index (χ4n) is 5.62. The average molecular weight is 501 g/mol. The highest BCUT2D eigenvalue weighted by atomic mass is 16.5. The second kappa shape index (κ2) is 11.3. The Kier molecular flexibility index (Phi) is 7.65. The van der Waals surface area contributed by atoms with Crippen molar-refractivity contribution < 1.29 is 4.74 Å². The van der Waals surface area contributed by atoms with Crippen LogP contribution in [0.2, 0.25) is 0 Å². The van der Waals surface area contributed by atoms with Gasteiger partial charge in [-0.1, -0.05) is 63.4 Å². The number of fused-ring (bicyclic) bond motifs is 1. The molecule has 2 aromatic heterocycles. The molecule has 37 heavy (non-hydrogen) atoms. The lowest BCUT2D eigenvalue weighted by atomic mass is 9.94. The normalized spacial score (nSPS) is 15.5. The largest absolute Gasteiger partial charge is 0.497 e. The standard InChI is InChI=1S/C29H36N6O2/c1-20(2)27(28-31-32-33-35(28)24-12-8-5-9-13-24)34(18-21-10-6-4-7-11-21)19-23-16-22-14-15-25(37-3)17-26(22)30-29(23)36/h4,6-7,10-11,14-17,20,24,27H,5,8-9,12-13,18-19H2,1-3H3,(H,30,36)/t27-/m0/s1. The predicted octanol–water partition coefficient (Wildman–Crippen LogP) is 5.43. The smallest absolute Gasteiger partial charge is 0.252 e. The lowest BCUT2D eigenvalue weighted by molar-refractivity contribution is 0.121. The van der Waals surface area contributed by atoms with Crippen LogP contribution < -0.4 is 10.3 Å². The van der Waals surface area contributed by atoms with E-state index in [-0.39, 0.29) is 17.5 Å². The Hall–Kier alpha value is -3.52. The fourth-order valence-corrected chi connectivity index (χ4v) is 5.62. The Morgan fingerprint density at radius 2 is 1.84 bits per heavy atom. The quantitative estimate of drug-likeness (QED) is 0.330. The van der Waals surface area contributed by atoms with Crippen LogP contribution >= 0.6 is 0 Å². The lowest BCUT2D eigenvalue weighted by Crippen LogP contribution is -2.36. The number of hydrogen-bond donors (Lipinski definition) is 1. The van der Waals surface area contributed by atoms with Gasteiger partial charge in [0, 0.05) is 24.7 Å². The molecule has 0 spiro atoms. The van der Waals surface area contributed by atoms with Crippen LogP contribution in [0.4, 0.5) is 0 Å². The molecule has 5 rings (SSSR count). The number of H-pyrrole nitrogens is 1. The van der Waals surface area contributed by atoms with Gasteiger partial charge in [-0.15, -0.1) is 5.10 Å². The summed E-state index contributed by atoms with van der Waals surface area (Å²) in [6.45, 7) is 5.58. The second-order valence-electron chi connectivity index (χ2n) is 10.4. The third kappa shape index (κ3) is 5.59. The first-order chi connectivity index (χ1) is 18.0. The topological polar surface area (TPSA) is 88.9 Å². The van der Waals surface area contributed by atoms with Crippen molar-refractivity contribution in [3.63, 3.8) is 0 Å². The molecule has 0 aliphatic heterocycles. The molecule has 2 heterocycles. The van der Waals surface area contributed by atoms with Gasteiger partial charge in [0.2, 0.25) is 0 Å². The monoisotopic (exact) mass is 500 g/mol. The summed E-state index contributed by atoms with van der Waals surface area (Å²) in [6, 6.07) is 18.4. The SMILES string of the molecule is COc1ccc2cc(CN(Cc3ccccc3)[C@H](c3nnnn3C3CCCCC3)C(C)C)c(=O)[nH]c2c1. The van der Waals surface area contributed by atoms with Gasteiger partial charge in [0.1, 0.15) is 5.75 Å². The summed E-state index contributed by atoms with van der Waals surface area (Å²) in [6.07, 6.45) is 5.91. The summed E-state index contributed by atoms with van der Waals surface area (Å²) < 4.78 is 7.40. The molecular weight excluding hydrogens is 464 g/mol. The molecule has 194 valence electrons. The van der Waals surface area contributed by atoms with E-state index in [0.717, 1.165) is 40.9 Å². The highest BCUT2D eigenvalue weighted by Crippen LogP contribution is 2.34. The maximum Gasteiger partial charge on any atom is 0.252 e. The zero-order valence-electron chi connectivity index (χ0n) is 21.9. The highest BCUT2D eigenvalue weighted by molar-refractivity contribution is 5.80. The van der Waals surface area contributed by atoms with Gasteiger partial charge in [-0.2, -0.15) is 0 Å². The maximum absolute atomic E-state index is 13.2. The van der Waals surface area contributed by atoms with Gasteiger partial charge in [-0.05, 0) is 58.3 Å². The van der Waals surface area contributed by atoms with Crippen LogP contribution in [-0.4, -0.2) is 37.2 Å². The number of ether oxygens (including phenoxy) is 1. The number of aromatic nitrogens is 5. The number of hydrogen-bond acceptors (Lipinski definition) is 6. The Labute approximate surface area is 217 Å². The van der Waals surface area contributed by atoms with E-state index >= 15 is 0 Å². The van der Waals surface area contributed by atoms with Crippen molar-refractivity contribution >= 4 is 10.9 Å². The third-order valence-corrected chi connectivity index (χ3v) is 7.46. The summed E-state index contributed by atoms with van der Waals surface area (Å²) in [5.74, 6) is 1.84. The summed E-state index contributed by atoms with van der Waals surface area (Å²) in [4.78, 5) is 18.7. The number of tetrazole rings is 1. The first-order valence-electron chi connectivity index (χ1n) is 13.3. The Balaban J connectivity index is 1.54. The van der Waals surface area contributed by atoms with Gasteiger partial charge in [0.05, 0.1) is 24.7 Å². The highest BCUT2D eigenvalue weighted by Gasteiger charge is 2.32. The minimum Gasteiger partial charge on any atom is -0.497 e. The van der Waals surface area contributed by atoms with Gasteiger partial charge >= 0.3 is 0 Å². The van der Waals surface area contributed by atoms with Crippen LogP contribution in [0.3, 0.4) is 0 Å². The van der Waals surface area contributed by atoms with Crippen molar-refractivity contribution in [3.05, 3.63) is 81.9 Å². The number of rotatable bonds is 9. The zero-order valence-corrected chi connectivity index (χ0v) is 21.9. The average Bonchev–Trinajstić information content (AvgIpc) is 3.39. The first-order valence-corrected chi connectivity index (χ1v) is 13.3. The molecular formula is C29H36N6O2. The van der Waals surface area contributed by atoms with Gasteiger partial charge in [0.25, 0.3) is 5.56 Å². The van der Waals surface area contributed by atoms with E-state index in [4.69, 9.17) is 4.74 Å². The molecule has 0 radical (unpaired) electrons. The molecule has 0 bridgehead atoms. The van der Waals surface area contributed by atoms with Crippen molar-refractivity contribution in [1.29, 1.82) is 0 Å². The summed E-state index contributed by atoms with van der Waals surface area (Å²) >= 11 is 0. The summed E-state index contributed by atoms with van der Waals surface area (Å²) in [7, 11) is 1.63. The Morgan fingerprint density at radius 1 is 1.05 bits per heavy atom. The minimum atomic E-state index is -0.0896. The van der Waals surface area contributed by atoms with E-state index in [0.29, 0.717) is 19.1 Å². The van der Waals surface area contributed by atoms with Gasteiger partial charge in [-0.3, -0.25) is 9.69 Å². The van der Waals surface area contributed by atoms with E-state index in [1.54, 1.807) is 7.11 Å². The summed E-state index contributed by atoms with van der Waals surface area (Å²) in [5, 5.41) is 14.1. The van der Waals surface area contributed by atoms with Gasteiger partial charge < -0.3 is 9.72 Å². The zero-order chi connectivity index (χ0) is 25.8. The van der Waals surface area contributed by atoms with Crippen molar-refractivity contribution in [3.8, 4) is 5.75 Å². The van der Waals surface area contributed by atoms with Crippen LogP contribution in [0.25, 0.3) is 10.9 Å². The molecule has 8 nitrogen and oxygen atoms in total. The van der Waals surface area contributed by atoms with Crippen LogP contribution in [0, 0.1) is 5.92 Å². The molecule has 1 fully saturated rings. The van der Waals surface area contributed by atoms with Gasteiger partial charge in [-0.25, -0.2) is 4.68 Å². The molecule has 1 atom stereocenters. The van der Waals surface area contributed by atoms with Crippen LogP contribution in [0.5, 0.6) is 5.75 Å². The van der Waals surface area contributed by atoms with E-state index < -0.39 is 0 Å². The molecule has 1 aliphatic carbocycles. The molecule has 1 N–H and O–H groups in total. The fraction of sp³-hybridized carbons (Fsp3) is 0.448. The van der Waals surface area contributed by atoms with E-state index in [9.17, 15) is 4.79 Å². The third-order valence-electron chi connectivity index (χ3n) is 7.46. The van der Waals surface area contributed by atoms with Crippen LogP contribution in [0.1, 0.15) is 75.0 Å². The molecule has 0 amide bonds. The Morgan fingerprint density at radius 3 is 2.57 bits per heavy atom. The Bertz CT molecular complexity index is 1370. The van der Waals surface area contributed by atoms with E-state index in [1.807, 2.05) is 30.3 Å². The van der Waals surface area contributed by atoms with Crippen LogP contribution in [0.15, 0.2) is 59.4 Å². The summed E-state index contributed by atoms with van der Waals surface area (Å²) in [5.41, 5.74) is 2.58.